The van der Waals surface area contributed by atoms with Crippen molar-refractivity contribution in [2.24, 2.45) is 5.92 Å². The standard InChI is InChI=1S/C19H30N2O4S/c1-16(2)18(21-12-7-15-26(21,23)24)19(22)20-11-6-13-25-14-10-17-8-4-3-5-9-17/h3-5,8-9,16,18H,6-7,10-15H2,1-2H3,(H,20,22)/t18-/m0/s1. The molecule has 0 spiro atoms. The highest BCUT2D eigenvalue weighted by molar-refractivity contribution is 7.89. The molecule has 1 N–H and O–H groups in total. The molecular weight excluding hydrogens is 352 g/mol. The Bertz CT molecular complexity index is 661. The number of rotatable bonds is 10. The summed E-state index contributed by atoms with van der Waals surface area (Å²) < 4.78 is 31.2. The molecule has 0 saturated carbocycles. The summed E-state index contributed by atoms with van der Waals surface area (Å²) in [6.07, 6.45) is 2.17. The zero-order valence-electron chi connectivity index (χ0n) is 15.7. The zero-order chi connectivity index (χ0) is 19.0. The monoisotopic (exact) mass is 382 g/mol. The van der Waals surface area contributed by atoms with Crippen LogP contribution in [0.3, 0.4) is 0 Å². The lowest BCUT2D eigenvalue weighted by atomic mass is 10.0. The summed E-state index contributed by atoms with van der Waals surface area (Å²) in [7, 11) is -3.30. The molecule has 1 aliphatic rings. The first-order chi connectivity index (χ1) is 12.4. The van der Waals surface area contributed by atoms with Crippen LogP contribution in [-0.2, 0) is 26.0 Å². The van der Waals surface area contributed by atoms with E-state index in [2.05, 4.69) is 17.4 Å². The van der Waals surface area contributed by atoms with Crippen LogP contribution in [0, 0.1) is 5.92 Å². The highest BCUT2D eigenvalue weighted by Gasteiger charge is 2.39. The van der Waals surface area contributed by atoms with Crippen molar-refractivity contribution in [3.8, 4) is 0 Å². The Kier molecular flexibility index (Phi) is 8.06. The van der Waals surface area contributed by atoms with Gasteiger partial charge in [-0.05, 0) is 30.7 Å². The topological polar surface area (TPSA) is 75.7 Å². The maximum Gasteiger partial charge on any atom is 0.238 e. The van der Waals surface area contributed by atoms with E-state index in [9.17, 15) is 13.2 Å². The molecule has 1 amide bonds. The van der Waals surface area contributed by atoms with Crippen LogP contribution < -0.4 is 5.32 Å². The van der Waals surface area contributed by atoms with Gasteiger partial charge in [-0.15, -0.1) is 0 Å². The lowest BCUT2D eigenvalue weighted by Gasteiger charge is -2.28. The van der Waals surface area contributed by atoms with Crippen LogP contribution in [0.4, 0.5) is 0 Å². The van der Waals surface area contributed by atoms with Gasteiger partial charge in [-0.25, -0.2) is 8.42 Å². The summed E-state index contributed by atoms with van der Waals surface area (Å²) in [6.45, 7) is 5.90. The van der Waals surface area contributed by atoms with E-state index in [1.54, 1.807) is 0 Å². The van der Waals surface area contributed by atoms with Gasteiger partial charge in [-0.1, -0.05) is 44.2 Å². The summed E-state index contributed by atoms with van der Waals surface area (Å²) in [5.41, 5.74) is 1.24. The summed E-state index contributed by atoms with van der Waals surface area (Å²) in [6, 6.07) is 9.53. The predicted molar refractivity (Wildman–Crippen MR) is 102 cm³/mol. The smallest absolute Gasteiger partial charge is 0.238 e. The quantitative estimate of drug-likeness (QED) is 0.626. The van der Waals surface area contributed by atoms with Crippen molar-refractivity contribution in [2.75, 3.05) is 32.1 Å². The fourth-order valence-electron chi connectivity index (χ4n) is 3.16. The fourth-order valence-corrected chi connectivity index (χ4v) is 4.99. The Morgan fingerprint density at radius 3 is 2.58 bits per heavy atom. The van der Waals surface area contributed by atoms with Gasteiger partial charge in [0.05, 0.1) is 12.4 Å². The van der Waals surface area contributed by atoms with Crippen LogP contribution in [-0.4, -0.2) is 56.7 Å². The van der Waals surface area contributed by atoms with Gasteiger partial charge in [-0.3, -0.25) is 4.79 Å². The second-order valence-corrected chi connectivity index (χ2v) is 9.00. The average Bonchev–Trinajstić information content (AvgIpc) is 2.94. The molecule has 0 aliphatic carbocycles. The van der Waals surface area contributed by atoms with Crippen molar-refractivity contribution < 1.29 is 17.9 Å². The summed E-state index contributed by atoms with van der Waals surface area (Å²) >= 11 is 0. The van der Waals surface area contributed by atoms with Gasteiger partial charge in [0.1, 0.15) is 6.04 Å². The third-order valence-corrected chi connectivity index (χ3v) is 6.42. The van der Waals surface area contributed by atoms with E-state index in [1.165, 1.54) is 9.87 Å². The molecule has 0 radical (unpaired) electrons. The molecule has 1 aromatic carbocycles. The van der Waals surface area contributed by atoms with Crippen molar-refractivity contribution in [3.05, 3.63) is 35.9 Å². The normalized spacial score (nSPS) is 18.1. The van der Waals surface area contributed by atoms with E-state index in [0.717, 1.165) is 6.42 Å². The second kappa shape index (κ2) is 10.0. The number of nitrogens with zero attached hydrogens (tertiary/aromatic N) is 1. The van der Waals surface area contributed by atoms with Crippen molar-refractivity contribution in [2.45, 2.75) is 39.2 Å². The van der Waals surface area contributed by atoms with Crippen LogP contribution in [0.1, 0.15) is 32.3 Å². The first-order valence-corrected chi connectivity index (χ1v) is 10.9. The minimum atomic E-state index is -3.30. The minimum Gasteiger partial charge on any atom is -0.381 e. The third kappa shape index (κ3) is 6.07. The number of sulfonamides is 1. The Morgan fingerprint density at radius 1 is 1.23 bits per heavy atom. The molecule has 1 saturated heterocycles. The summed E-state index contributed by atoms with van der Waals surface area (Å²) in [5.74, 6) is -0.140. The number of hydrogen-bond acceptors (Lipinski definition) is 4. The number of carbonyl (C=O) groups excluding carboxylic acids is 1. The first kappa shape index (κ1) is 20.9. The largest absolute Gasteiger partial charge is 0.381 e. The van der Waals surface area contributed by atoms with Gasteiger partial charge in [0.25, 0.3) is 0 Å². The molecule has 146 valence electrons. The average molecular weight is 383 g/mol. The summed E-state index contributed by atoms with van der Waals surface area (Å²) in [5, 5.41) is 2.86. The molecule has 1 aliphatic heterocycles. The molecule has 7 heteroatoms. The maximum absolute atomic E-state index is 12.5. The van der Waals surface area contributed by atoms with Crippen molar-refractivity contribution in [1.82, 2.24) is 9.62 Å². The van der Waals surface area contributed by atoms with Gasteiger partial charge in [0.15, 0.2) is 0 Å². The number of carbonyl (C=O) groups is 1. The molecule has 1 aromatic rings. The van der Waals surface area contributed by atoms with Crippen molar-refractivity contribution in [1.29, 1.82) is 0 Å². The van der Waals surface area contributed by atoms with Gasteiger partial charge >= 0.3 is 0 Å². The van der Waals surface area contributed by atoms with E-state index in [0.29, 0.717) is 39.1 Å². The number of nitrogens with one attached hydrogen (secondary N) is 1. The lowest BCUT2D eigenvalue weighted by molar-refractivity contribution is -0.126. The van der Waals surface area contributed by atoms with E-state index < -0.39 is 16.1 Å². The van der Waals surface area contributed by atoms with Gasteiger partial charge in [0.2, 0.25) is 15.9 Å². The number of hydrogen-bond donors (Lipinski definition) is 1. The Balaban J connectivity index is 1.67. The third-order valence-electron chi connectivity index (χ3n) is 4.49. The Morgan fingerprint density at radius 2 is 1.96 bits per heavy atom. The van der Waals surface area contributed by atoms with Gasteiger partial charge in [-0.2, -0.15) is 4.31 Å². The molecule has 1 heterocycles. The number of benzene rings is 1. The van der Waals surface area contributed by atoms with Crippen LogP contribution >= 0.6 is 0 Å². The fraction of sp³-hybridized carbons (Fsp3) is 0.632. The number of amides is 1. The molecular formula is C19H30N2O4S. The highest BCUT2D eigenvalue weighted by atomic mass is 32.2. The van der Waals surface area contributed by atoms with Gasteiger partial charge < -0.3 is 10.1 Å². The number of ether oxygens (including phenoxy) is 1. The van der Waals surface area contributed by atoms with Crippen LogP contribution in [0.15, 0.2) is 30.3 Å². The first-order valence-electron chi connectivity index (χ1n) is 9.30. The molecule has 0 unspecified atom stereocenters. The molecule has 0 aromatic heterocycles. The van der Waals surface area contributed by atoms with Crippen LogP contribution in [0.5, 0.6) is 0 Å². The van der Waals surface area contributed by atoms with Crippen LogP contribution in [0.25, 0.3) is 0 Å². The van der Waals surface area contributed by atoms with E-state index in [1.807, 2.05) is 32.0 Å². The second-order valence-electron chi connectivity index (χ2n) is 6.96. The van der Waals surface area contributed by atoms with E-state index in [4.69, 9.17) is 4.74 Å². The molecule has 1 fully saturated rings. The SMILES string of the molecule is CC(C)[C@@H](C(=O)NCCCOCCc1ccccc1)N1CCCS1(=O)=O. The maximum atomic E-state index is 12.5. The summed E-state index contributed by atoms with van der Waals surface area (Å²) in [4.78, 5) is 12.5. The van der Waals surface area contributed by atoms with Crippen molar-refractivity contribution >= 4 is 15.9 Å². The molecule has 1 atom stereocenters. The molecule has 2 rings (SSSR count). The minimum absolute atomic E-state index is 0.0648. The predicted octanol–water partition coefficient (Wildman–Crippen LogP) is 1.81. The molecule has 6 nitrogen and oxygen atoms in total. The van der Waals surface area contributed by atoms with Crippen LogP contribution in [0.2, 0.25) is 0 Å². The van der Waals surface area contributed by atoms with Crippen molar-refractivity contribution in [3.63, 3.8) is 0 Å². The van der Waals surface area contributed by atoms with Gasteiger partial charge in [0, 0.05) is 19.7 Å². The molecule has 26 heavy (non-hydrogen) atoms. The lowest BCUT2D eigenvalue weighted by Crippen LogP contribution is -2.50. The zero-order valence-corrected chi connectivity index (χ0v) is 16.5. The van der Waals surface area contributed by atoms with E-state index >= 15 is 0 Å². The molecule has 0 bridgehead atoms. The highest BCUT2D eigenvalue weighted by Crippen LogP contribution is 2.22. The Labute approximate surface area is 157 Å². The Hall–Kier alpha value is -1.44. The van der Waals surface area contributed by atoms with E-state index in [-0.39, 0.29) is 17.6 Å².